The Balaban J connectivity index is 1.97. The molecule has 1 aromatic rings. The fourth-order valence-corrected chi connectivity index (χ4v) is 1.66. The van der Waals surface area contributed by atoms with E-state index in [9.17, 15) is 4.79 Å². The minimum absolute atomic E-state index is 0.0595. The van der Waals surface area contributed by atoms with Crippen LogP contribution < -0.4 is 11.1 Å². The molecule has 0 atom stereocenters. The van der Waals surface area contributed by atoms with Crippen molar-refractivity contribution in [2.75, 3.05) is 5.32 Å². The van der Waals surface area contributed by atoms with Gasteiger partial charge in [-0.3, -0.25) is 4.79 Å². The lowest BCUT2D eigenvalue weighted by molar-refractivity contribution is -0.118. The van der Waals surface area contributed by atoms with Crippen molar-refractivity contribution in [1.82, 2.24) is 0 Å². The standard InChI is InChI=1S/C13H18N2O/c1-2-3-10-4-6-11(7-5-10)15-12(16)13(14)8-9-13/h4-7H,2-3,8-9,14H2,1H3,(H,15,16). The number of benzene rings is 1. The van der Waals surface area contributed by atoms with Gasteiger partial charge in [0.1, 0.15) is 0 Å². The molecule has 3 heteroatoms. The monoisotopic (exact) mass is 218 g/mol. The summed E-state index contributed by atoms with van der Waals surface area (Å²) in [5.74, 6) is -0.0595. The number of rotatable bonds is 4. The second kappa shape index (κ2) is 4.26. The first kappa shape index (κ1) is 11.1. The molecule has 16 heavy (non-hydrogen) atoms. The number of nitrogens with two attached hydrogens (primary N) is 1. The molecule has 1 aliphatic rings. The van der Waals surface area contributed by atoms with Crippen molar-refractivity contribution in [3.05, 3.63) is 29.8 Å². The SMILES string of the molecule is CCCc1ccc(NC(=O)C2(N)CC2)cc1. The van der Waals surface area contributed by atoms with Crippen LogP contribution in [0.1, 0.15) is 31.7 Å². The Labute approximate surface area is 96.0 Å². The van der Waals surface area contributed by atoms with Crippen LogP contribution in [0.2, 0.25) is 0 Å². The van der Waals surface area contributed by atoms with E-state index in [1.807, 2.05) is 12.1 Å². The average molecular weight is 218 g/mol. The summed E-state index contributed by atoms with van der Waals surface area (Å²) in [5, 5.41) is 2.85. The summed E-state index contributed by atoms with van der Waals surface area (Å²) in [5.41, 5.74) is 7.34. The van der Waals surface area contributed by atoms with Crippen molar-refractivity contribution in [2.45, 2.75) is 38.1 Å². The van der Waals surface area contributed by atoms with Gasteiger partial charge >= 0.3 is 0 Å². The first-order chi connectivity index (χ1) is 7.64. The Hall–Kier alpha value is -1.35. The second-order valence-corrected chi connectivity index (χ2v) is 4.56. The quantitative estimate of drug-likeness (QED) is 0.812. The Morgan fingerprint density at radius 2 is 2.00 bits per heavy atom. The third kappa shape index (κ3) is 2.42. The summed E-state index contributed by atoms with van der Waals surface area (Å²) in [6.07, 6.45) is 3.81. The highest BCUT2D eigenvalue weighted by Crippen LogP contribution is 2.33. The maximum Gasteiger partial charge on any atom is 0.244 e. The lowest BCUT2D eigenvalue weighted by Gasteiger charge is -2.10. The van der Waals surface area contributed by atoms with Gasteiger partial charge in [-0.25, -0.2) is 0 Å². The van der Waals surface area contributed by atoms with Crippen molar-refractivity contribution in [3.63, 3.8) is 0 Å². The summed E-state index contributed by atoms with van der Waals surface area (Å²) in [4.78, 5) is 11.7. The van der Waals surface area contributed by atoms with Crippen LogP contribution in [0.15, 0.2) is 24.3 Å². The van der Waals surface area contributed by atoms with Crippen LogP contribution >= 0.6 is 0 Å². The van der Waals surface area contributed by atoms with E-state index in [-0.39, 0.29) is 5.91 Å². The molecule has 86 valence electrons. The van der Waals surface area contributed by atoms with Crippen LogP contribution in [-0.4, -0.2) is 11.4 Å². The van der Waals surface area contributed by atoms with Gasteiger partial charge in [0.2, 0.25) is 5.91 Å². The topological polar surface area (TPSA) is 55.1 Å². The number of nitrogens with one attached hydrogen (secondary N) is 1. The van der Waals surface area contributed by atoms with Gasteiger partial charge < -0.3 is 11.1 Å². The molecule has 3 N–H and O–H groups in total. The van der Waals surface area contributed by atoms with E-state index < -0.39 is 5.54 Å². The highest BCUT2D eigenvalue weighted by atomic mass is 16.2. The third-order valence-electron chi connectivity index (χ3n) is 2.99. The van der Waals surface area contributed by atoms with Crippen LogP contribution in [0.4, 0.5) is 5.69 Å². The first-order valence-corrected chi connectivity index (χ1v) is 5.83. The molecule has 3 nitrogen and oxygen atoms in total. The fourth-order valence-electron chi connectivity index (χ4n) is 1.66. The molecule has 2 rings (SSSR count). The van der Waals surface area contributed by atoms with E-state index >= 15 is 0 Å². The summed E-state index contributed by atoms with van der Waals surface area (Å²) >= 11 is 0. The fraction of sp³-hybridized carbons (Fsp3) is 0.462. The van der Waals surface area contributed by atoms with Crippen LogP contribution in [0.3, 0.4) is 0 Å². The van der Waals surface area contributed by atoms with E-state index in [1.54, 1.807) is 0 Å². The number of hydrogen-bond donors (Lipinski definition) is 2. The number of anilines is 1. The molecular formula is C13H18N2O. The van der Waals surface area contributed by atoms with Crippen molar-refractivity contribution >= 4 is 11.6 Å². The second-order valence-electron chi connectivity index (χ2n) is 4.56. The molecule has 1 fully saturated rings. The van der Waals surface area contributed by atoms with Gasteiger partial charge in [0.25, 0.3) is 0 Å². The van der Waals surface area contributed by atoms with Crippen LogP contribution in [-0.2, 0) is 11.2 Å². The summed E-state index contributed by atoms with van der Waals surface area (Å²) in [6.45, 7) is 2.15. The van der Waals surface area contributed by atoms with Gasteiger partial charge in [-0.1, -0.05) is 25.5 Å². The van der Waals surface area contributed by atoms with E-state index in [1.165, 1.54) is 5.56 Å². The van der Waals surface area contributed by atoms with Crippen molar-refractivity contribution < 1.29 is 4.79 Å². The average Bonchev–Trinajstić information content (AvgIpc) is 3.01. The van der Waals surface area contributed by atoms with Gasteiger partial charge in [-0.2, -0.15) is 0 Å². The zero-order valence-electron chi connectivity index (χ0n) is 9.62. The zero-order chi connectivity index (χ0) is 11.6. The van der Waals surface area contributed by atoms with E-state index in [0.29, 0.717) is 0 Å². The summed E-state index contributed by atoms with van der Waals surface area (Å²) in [6, 6.07) is 7.98. The Morgan fingerprint density at radius 1 is 1.38 bits per heavy atom. The molecule has 1 amide bonds. The number of amides is 1. The first-order valence-electron chi connectivity index (χ1n) is 5.83. The molecule has 1 aromatic carbocycles. The molecule has 0 saturated heterocycles. The molecule has 1 saturated carbocycles. The highest BCUT2D eigenvalue weighted by molar-refractivity contribution is 6.00. The highest BCUT2D eigenvalue weighted by Gasteiger charge is 2.45. The zero-order valence-corrected chi connectivity index (χ0v) is 9.62. The minimum Gasteiger partial charge on any atom is -0.324 e. The predicted octanol–water partition coefficient (Wildman–Crippen LogP) is 2.07. The molecule has 0 aliphatic heterocycles. The molecule has 0 spiro atoms. The van der Waals surface area contributed by atoms with E-state index in [4.69, 9.17) is 5.73 Å². The van der Waals surface area contributed by atoms with Gasteiger partial charge in [-0.15, -0.1) is 0 Å². The van der Waals surface area contributed by atoms with E-state index in [2.05, 4.69) is 24.4 Å². The van der Waals surface area contributed by atoms with Crippen LogP contribution in [0.5, 0.6) is 0 Å². The van der Waals surface area contributed by atoms with Crippen molar-refractivity contribution in [1.29, 1.82) is 0 Å². The maximum absolute atomic E-state index is 11.7. The Bertz CT molecular complexity index is 379. The lowest BCUT2D eigenvalue weighted by Crippen LogP contribution is -2.37. The largest absolute Gasteiger partial charge is 0.324 e. The maximum atomic E-state index is 11.7. The Kier molecular flexibility index (Phi) is 2.97. The molecule has 0 heterocycles. The molecule has 0 unspecified atom stereocenters. The number of carbonyl (C=O) groups is 1. The van der Waals surface area contributed by atoms with E-state index in [0.717, 1.165) is 31.4 Å². The van der Waals surface area contributed by atoms with Crippen LogP contribution in [0.25, 0.3) is 0 Å². The molecule has 0 bridgehead atoms. The lowest BCUT2D eigenvalue weighted by atomic mass is 10.1. The minimum atomic E-state index is -0.595. The van der Waals surface area contributed by atoms with Gasteiger partial charge in [0.15, 0.2) is 0 Å². The third-order valence-corrected chi connectivity index (χ3v) is 2.99. The van der Waals surface area contributed by atoms with Crippen molar-refractivity contribution in [2.24, 2.45) is 5.73 Å². The van der Waals surface area contributed by atoms with Gasteiger partial charge in [0, 0.05) is 5.69 Å². The van der Waals surface area contributed by atoms with Gasteiger partial charge in [-0.05, 0) is 37.0 Å². The summed E-state index contributed by atoms with van der Waals surface area (Å²) in [7, 11) is 0. The van der Waals surface area contributed by atoms with Gasteiger partial charge in [0.05, 0.1) is 5.54 Å². The number of hydrogen-bond acceptors (Lipinski definition) is 2. The smallest absolute Gasteiger partial charge is 0.244 e. The molecule has 0 aromatic heterocycles. The summed E-state index contributed by atoms with van der Waals surface area (Å²) < 4.78 is 0. The molecule has 0 radical (unpaired) electrons. The van der Waals surface area contributed by atoms with Crippen LogP contribution in [0, 0.1) is 0 Å². The molecule has 1 aliphatic carbocycles. The van der Waals surface area contributed by atoms with Crippen molar-refractivity contribution in [3.8, 4) is 0 Å². The Morgan fingerprint density at radius 3 is 2.50 bits per heavy atom. The molecular weight excluding hydrogens is 200 g/mol. The number of carbonyl (C=O) groups excluding carboxylic acids is 1. The normalized spacial score (nSPS) is 16.9. The number of aryl methyl sites for hydroxylation is 1. The predicted molar refractivity (Wildman–Crippen MR) is 65.2 cm³/mol.